The highest BCUT2D eigenvalue weighted by molar-refractivity contribution is 6.27. The van der Waals surface area contributed by atoms with Crippen molar-refractivity contribution in [3.63, 3.8) is 0 Å². The predicted octanol–water partition coefficient (Wildman–Crippen LogP) is 2.37. The van der Waals surface area contributed by atoms with E-state index in [0.29, 0.717) is 36.2 Å². The van der Waals surface area contributed by atoms with Crippen LogP contribution in [0.3, 0.4) is 0 Å². The lowest BCUT2D eigenvalue weighted by molar-refractivity contribution is -0.132. The average molecular weight is 370 g/mol. The first-order valence-electron chi connectivity index (χ1n) is 7.92. The Morgan fingerprint density at radius 1 is 1.20 bits per heavy atom. The molecule has 1 aliphatic rings. The summed E-state index contributed by atoms with van der Waals surface area (Å²) in [6.45, 7) is 3.03. The molecule has 1 saturated heterocycles. The van der Waals surface area contributed by atoms with Gasteiger partial charge in [0, 0.05) is 44.2 Å². The topological polar surface area (TPSA) is 45.6 Å². The van der Waals surface area contributed by atoms with E-state index >= 15 is 0 Å². The minimum Gasteiger partial charge on any atom is -0.340 e. The van der Waals surface area contributed by atoms with Crippen molar-refractivity contribution in [3.8, 4) is 0 Å². The number of halogens is 3. The molecule has 8 heteroatoms. The second-order valence-corrected chi connectivity index (χ2v) is 6.50. The van der Waals surface area contributed by atoms with E-state index in [1.54, 1.807) is 27.5 Å². The van der Waals surface area contributed by atoms with E-state index in [1.807, 2.05) is 6.92 Å². The molecule has 1 aromatic heterocycles. The van der Waals surface area contributed by atoms with Crippen molar-refractivity contribution in [3.05, 3.63) is 35.5 Å². The van der Waals surface area contributed by atoms with Crippen LogP contribution in [0.15, 0.2) is 18.2 Å². The molecule has 2 amide bonds. The normalized spacial score (nSPS) is 18.0. The standard InChI is InChI=1S/C17H18ClF2N3O2/c1-10-9-22(3-4-23(10)16(24)8-18)17(25)15-6-11-5-12(19)13(20)7-14(11)21(15)2/h5-7,10H,3-4,8-9H2,1-2H3/t10-/m1/s1. The molecule has 2 aromatic rings. The molecule has 0 aliphatic carbocycles. The third-order valence-electron chi connectivity index (χ3n) is 4.65. The fourth-order valence-electron chi connectivity index (χ4n) is 3.29. The number of benzene rings is 1. The minimum atomic E-state index is -0.950. The molecule has 134 valence electrons. The Balaban J connectivity index is 1.86. The lowest BCUT2D eigenvalue weighted by atomic mass is 10.1. The molecule has 5 nitrogen and oxygen atoms in total. The first-order valence-corrected chi connectivity index (χ1v) is 8.46. The van der Waals surface area contributed by atoms with Crippen molar-refractivity contribution in [1.82, 2.24) is 14.4 Å². The maximum atomic E-state index is 13.5. The van der Waals surface area contributed by atoms with Gasteiger partial charge in [-0.25, -0.2) is 8.78 Å². The van der Waals surface area contributed by atoms with E-state index < -0.39 is 11.6 Å². The van der Waals surface area contributed by atoms with Crippen LogP contribution >= 0.6 is 11.6 Å². The van der Waals surface area contributed by atoms with Gasteiger partial charge in [-0.2, -0.15) is 0 Å². The summed E-state index contributed by atoms with van der Waals surface area (Å²) < 4.78 is 28.4. The van der Waals surface area contributed by atoms with E-state index in [1.165, 1.54) is 0 Å². The summed E-state index contributed by atoms with van der Waals surface area (Å²) in [7, 11) is 1.64. The smallest absolute Gasteiger partial charge is 0.270 e. The number of nitrogens with zero attached hydrogens (tertiary/aromatic N) is 3. The van der Waals surface area contributed by atoms with Gasteiger partial charge in [-0.15, -0.1) is 11.6 Å². The molecule has 0 bridgehead atoms. The van der Waals surface area contributed by atoms with Crippen LogP contribution in [0.1, 0.15) is 17.4 Å². The first-order chi connectivity index (χ1) is 11.8. The van der Waals surface area contributed by atoms with Crippen molar-refractivity contribution in [2.24, 2.45) is 7.05 Å². The average Bonchev–Trinajstić information content (AvgIpc) is 2.90. The van der Waals surface area contributed by atoms with Crippen LogP contribution in [-0.4, -0.2) is 57.7 Å². The molecule has 0 N–H and O–H groups in total. The largest absolute Gasteiger partial charge is 0.340 e. The zero-order valence-corrected chi connectivity index (χ0v) is 14.7. The zero-order chi connectivity index (χ0) is 18.3. The summed E-state index contributed by atoms with van der Waals surface area (Å²) in [5.41, 5.74) is 0.801. The van der Waals surface area contributed by atoms with E-state index in [0.717, 1.165) is 12.1 Å². The van der Waals surface area contributed by atoms with Gasteiger partial charge in [0.1, 0.15) is 11.6 Å². The van der Waals surface area contributed by atoms with Crippen molar-refractivity contribution >= 4 is 34.3 Å². The quantitative estimate of drug-likeness (QED) is 0.763. The van der Waals surface area contributed by atoms with Crippen molar-refractivity contribution in [1.29, 1.82) is 0 Å². The van der Waals surface area contributed by atoms with Gasteiger partial charge in [0.25, 0.3) is 5.91 Å². The molecule has 0 spiro atoms. The van der Waals surface area contributed by atoms with Crippen molar-refractivity contribution in [2.75, 3.05) is 25.5 Å². The van der Waals surface area contributed by atoms with Crippen LogP contribution < -0.4 is 0 Å². The van der Waals surface area contributed by atoms with E-state index in [4.69, 9.17) is 11.6 Å². The van der Waals surface area contributed by atoms with Gasteiger partial charge in [-0.05, 0) is 19.1 Å². The van der Waals surface area contributed by atoms with Gasteiger partial charge >= 0.3 is 0 Å². The van der Waals surface area contributed by atoms with Crippen LogP contribution in [0.4, 0.5) is 8.78 Å². The lowest BCUT2D eigenvalue weighted by Gasteiger charge is -2.39. The third-order valence-corrected chi connectivity index (χ3v) is 4.88. The monoisotopic (exact) mass is 369 g/mol. The summed E-state index contributed by atoms with van der Waals surface area (Å²) in [6, 6.07) is 3.58. The number of carbonyl (C=O) groups excluding carboxylic acids is 2. The summed E-state index contributed by atoms with van der Waals surface area (Å²) >= 11 is 5.60. The van der Waals surface area contributed by atoms with Gasteiger partial charge in [-0.1, -0.05) is 0 Å². The number of hydrogen-bond donors (Lipinski definition) is 0. The van der Waals surface area contributed by atoms with Crippen molar-refractivity contribution in [2.45, 2.75) is 13.0 Å². The van der Waals surface area contributed by atoms with Crippen LogP contribution in [0.25, 0.3) is 10.9 Å². The predicted molar refractivity (Wildman–Crippen MR) is 90.6 cm³/mol. The zero-order valence-electron chi connectivity index (χ0n) is 13.9. The van der Waals surface area contributed by atoms with Gasteiger partial charge in [0.15, 0.2) is 11.6 Å². The van der Waals surface area contributed by atoms with Gasteiger partial charge < -0.3 is 14.4 Å². The molecular weight excluding hydrogens is 352 g/mol. The SMILES string of the molecule is C[C@@H]1CN(C(=O)c2cc3cc(F)c(F)cc3n2C)CCN1C(=O)CCl. The summed E-state index contributed by atoms with van der Waals surface area (Å²) in [5.74, 6) is -2.37. The molecule has 0 radical (unpaired) electrons. The molecule has 1 fully saturated rings. The number of aromatic nitrogens is 1. The Morgan fingerprint density at radius 2 is 1.88 bits per heavy atom. The number of amides is 2. The number of hydrogen-bond acceptors (Lipinski definition) is 2. The highest BCUT2D eigenvalue weighted by Gasteiger charge is 2.31. The fourth-order valence-corrected chi connectivity index (χ4v) is 3.44. The van der Waals surface area contributed by atoms with Crippen LogP contribution in [-0.2, 0) is 11.8 Å². The Kier molecular flexibility index (Phi) is 4.69. The van der Waals surface area contributed by atoms with Crippen LogP contribution in [0, 0.1) is 11.6 Å². The Bertz CT molecular complexity index is 852. The summed E-state index contributed by atoms with van der Waals surface area (Å²) in [6.07, 6.45) is 0. The molecule has 0 unspecified atom stereocenters. The van der Waals surface area contributed by atoms with Crippen LogP contribution in [0.2, 0.25) is 0 Å². The third kappa shape index (κ3) is 3.08. The molecule has 25 heavy (non-hydrogen) atoms. The molecular formula is C17H18ClF2N3O2. The van der Waals surface area contributed by atoms with Gasteiger partial charge in [0.2, 0.25) is 5.91 Å². The van der Waals surface area contributed by atoms with E-state index in [-0.39, 0.29) is 23.7 Å². The Labute approximate surface area is 148 Å². The highest BCUT2D eigenvalue weighted by atomic mass is 35.5. The number of piperazine rings is 1. The Hall–Kier alpha value is -2.15. The fraction of sp³-hybridized carbons (Fsp3) is 0.412. The number of rotatable bonds is 2. The maximum absolute atomic E-state index is 13.5. The van der Waals surface area contributed by atoms with Crippen LogP contribution in [0.5, 0.6) is 0 Å². The molecule has 2 heterocycles. The lowest BCUT2D eigenvalue weighted by Crippen LogP contribution is -2.55. The van der Waals surface area contributed by atoms with E-state index in [9.17, 15) is 18.4 Å². The van der Waals surface area contributed by atoms with E-state index in [2.05, 4.69) is 0 Å². The van der Waals surface area contributed by atoms with Gasteiger partial charge in [-0.3, -0.25) is 9.59 Å². The van der Waals surface area contributed by atoms with Crippen molar-refractivity contribution < 1.29 is 18.4 Å². The second kappa shape index (κ2) is 6.63. The van der Waals surface area contributed by atoms with Gasteiger partial charge in [0.05, 0.1) is 5.52 Å². The molecule has 1 atom stereocenters. The first kappa shape index (κ1) is 17.7. The number of alkyl halides is 1. The second-order valence-electron chi connectivity index (χ2n) is 6.23. The highest BCUT2D eigenvalue weighted by Crippen LogP contribution is 2.24. The Morgan fingerprint density at radius 3 is 2.52 bits per heavy atom. The molecule has 1 aliphatic heterocycles. The molecule has 0 saturated carbocycles. The number of aryl methyl sites for hydroxylation is 1. The maximum Gasteiger partial charge on any atom is 0.270 e. The number of fused-ring (bicyclic) bond motifs is 1. The molecule has 1 aromatic carbocycles. The minimum absolute atomic E-state index is 0.0847. The summed E-state index contributed by atoms with van der Waals surface area (Å²) in [5, 5.41) is 0.466. The number of carbonyl (C=O) groups is 2. The molecule has 3 rings (SSSR count). The summed E-state index contributed by atoms with van der Waals surface area (Å²) in [4.78, 5) is 27.9.